The van der Waals surface area contributed by atoms with Gasteiger partial charge in [-0.15, -0.1) is 0 Å². The Morgan fingerprint density at radius 2 is 1.97 bits per heavy atom. The van der Waals surface area contributed by atoms with E-state index in [1.165, 1.54) is 42.6 Å². The normalized spacial score (nSPS) is 11.6. The lowest BCUT2D eigenvalue weighted by molar-refractivity contribution is -0.385. The van der Waals surface area contributed by atoms with E-state index in [1.54, 1.807) is 6.92 Å². The summed E-state index contributed by atoms with van der Waals surface area (Å²) in [7, 11) is 0. The number of nitrogens with two attached hydrogens (primary N) is 1. The van der Waals surface area contributed by atoms with Gasteiger partial charge in [0.2, 0.25) is 5.95 Å². The van der Waals surface area contributed by atoms with Crippen LogP contribution in [0.15, 0.2) is 48.8 Å². The van der Waals surface area contributed by atoms with E-state index in [4.69, 9.17) is 10.5 Å². The van der Waals surface area contributed by atoms with Gasteiger partial charge in [0.25, 0.3) is 5.69 Å². The zero-order valence-corrected chi connectivity index (χ0v) is 16.5. The predicted molar refractivity (Wildman–Crippen MR) is 110 cm³/mol. The third-order valence-corrected chi connectivity index (χ3v) is 4.24. The third kappa shape index (κ3) is 5.34. The van der Waals surface area contributed by atoms with Crippen LogP contribution >= 0.6 is 0 Å². The average molecular weight is 426 g/mol. The first kappa shape index (κ1) is 21.7. The summed E-state index contributed by atoms with van der Waals surface area (Å²) in [4.78, 5) is 34.9. The number of hydrogen-bond donors (Lipinski definition) is 2. The van der Waals surface area contributed by atoms with Gasteiger partial charge < -0.3 is 15.8 Å². The van der Waals surface area contributed by atoms with Gasteiger partial charge in [-0.05, 0) is 37.3 Å². The summed E-state index contributed by atoms with van der Waals surface area (Å²) < 4.78 is 18.4. The highest BCUT2D eigenvalue weighted by molar-refractivity contribution is 5.96. The van der Waals surface area contributed by atoms with Crippen LogP contribution in [0.25, 0.3) is 11.3 Å². The Hall–Kier alpha value is -3.99. The van der Waals surface area contributed by atoms with E-state index in [0.717, 1.165) is 6.20 Å². The second-order valence-corrected chi connectivity index (χ2v) is 6.37. The number of esters is 1. The molecule has 0 saturated carbocycles. The van der Waals surface area contributed by atoms with Gasteiger partial charge in [-0.1, -0.05) is 0 Å². The first-order valence-corrected chi connectivity index (χ1v) is 9.29. The van der Waals surface area contributed by atoms with Crippen molar-refractivity contribution in [3.8, 4) is 11.3 Å². The molecule has 0 amide bonds. The minimum atomic E-state index is -0.597. The Kier molecular flexibility index (Phi) is 6.78. The molecule has 0 aliphatic heterocycles. The molecule has 2 aromatic heterocycles. The fraction of sp³-hybridized carbons (Fsp3) is 0.200. The molecule has 0 spiro atoms. The molecule has 1 atom stereocenters. The molecule has 11 heteroatoms. The molecule has 3 N–H and O–H groups in total. The van der Waals surface area contributed by atoms with Crippen molar-refractivity contribution in [2.45, 2.75) is 13.0 Å². The van der Waals surface area contributed by atoms with Crippen molar-refractivity contribution in [3.63, 3.8) is 0 Å². The molecule has 160 valence electrons. The lowest BCUT2D eigenvalue weighted by atomic mass is 10.1. The van der Waals surface area contributed by atoms with E-state index in [2.05, 4.69) is 20.3 Å². The molecule has 0 radical (unpaired) electrons. The quantitative estimate of drug-likeness (QED) is 0.315. The summed E-state index contributed by atoms with van der Waals surface area (Å²) in [5, 5.41) is 13.7. The van der Waals surface area contributed by atoms with Gasteiger partial charge in [0.1, 0.15) is 17.6 Å². The Labute approximate surface area is 176 Å². The van der Waals surface area contributed by atoms with Crippen LogP contribution in [0.1, 0.15) is 29.0 Å². The number of halogens is 1. The first-order valence-electron chi connectivity index (χ1n) is 9.29. The number of carbonyl (C=O) groups excluding carboxylic acids is 1. The van der Waals surface area contributed by atoms with Gasteiger partial charge in [0.05, 0.1) is 29.0 Å². The summed E-state index contributed by atoms with van der Waals surface area (Å²) in [6.45, 7) is 2.03. The highest BCUT2D eigenvalue weighted by Crippen LogP contribution is 2.24. The van der Waals surface area contributed by atoms with Crippen LogP contribution in [0, 0.1) is 15.9 Å². The van der Waals surface area contributed by atoms with E-state index in [0.29, 0.717) is 11.3 Å². The molecule has 10 nitrogen and oxygen atoms in total. The van der Waals surface area contributed by atoms with Crippen molar-refractivity contribution in [1.29, 1.82) is 0 Å². The minimum Gasteiger partial charge on any atom is -0.462 e. The molecule has 1 unspecified atom stereocenters. The number of rotatable bonds is 8. The maximum absolute atomic E-state index is 13.3. The smallest absolute Gasteiger partial charge is 0.341 e. The number of nitro groups is 1. The molecule has 0 bridgehead atoms. The van der Waals surface area contributed by atoms with E-state index in [1.807, 2.05) is 0 Å². The molecular formula is C20H19FN6O4. The number of pyridine rings is 1. The molecule has 0 aliphatic carbocycles. The molecule has 0 aliphatic rings. The number of ether oxygens (including phenoxy) is 1. The fourth-order valence-electron chi connectivity index (χ4n) is 2.68. The SMILES string of the molecule is CCOC(=O)c1cnc(NCC(N)c2ccc([N+](=O)[O-])cn2)nc1-c1ccc(F)cc1. The topological polar surface area (TPSA) is 146 Å². The number of hydrogen-bond acceptors (Lipinski definition) is 9. The number of nitrogens with one attached hydrogen (secondary N) is 1. The van der Waals surface area contributed by atoms with Crippen LogP contribution in [0.4, 0.5) is 16.0 Å². The Morgan fingerprint density at radius 1 is 1.23 bits per heavy atom. The summed E-state index contributed by atoms with van der Waals surface area (Å²) in [5.41, 5.74) is 7.32. The standard InChI is InChI=1S/C20H19FN6O4/c1-2-31-19(28)15-10-24-20(26-18(15)12-3-5-13(21)6-4-12)25-11-16(22)17-8-7-14(9-23-17)27(29)30/h3-10,16H,2,11,22H2,1H3,(H,24,25,26). The minimum absolute atomic E-state index is 0.134. The van der Waals surface area contributed by atoms with E-state index in [9.17, 15) is 19.3 Å². The average Bonchev–Trinajstić information content (AvgIpc) is 2.78. The number of benzene rings is 1. The Balaban J connectivity index is 1.81. The molecule has 3 rings (SSSR count). The third-order valence-electron chi connectivity index (χ3n) is 4.24. The Morgan fingerprint density at radius 3 is 2.58 bits per heavy atom. The maximum Gasteiger partial charge on any atom is 0.341 e. The predicted octanol–water partition coefficient (Wildman–Crippen LogP) is 2.87. The molecule has 3 aromatic rings. The summed E-state index contributed by atoms with van der Waals surface area (Å²) >= 11 is 0. The van der Waals surface area contributed by atoms with E-state index in [-0.39, 0.29) is 36.0 Å². The van der Waals surface area contributed by atoms with Crippen LogP contribution < -0.4 is 11.1 Å². The largest absolute Gasteiger partial charge is 0.462 e. The fourth-order valence-corrected chi connectivity index (χ4v) is 2.68. The van der Waals surface area contributed by atoms with Gasteiger partial charge in [0, 0.05) is 24.4 Å². The molecule has 1 aromatic carbocycles. The van der Waals surface area contributed by atoms with E-state index >= 15 is 0 Å². The summed E-state index contributed by atoms with van der Waals surface area (Å²) in [6.07, 6.45) is 2.45. The highest BCUT2D eigenvalue weighted by atomic mass is 19.1. The van der Waals surface area contributed by atoms with Crippen molar-refractivity contribution in [3.05, 3.63) is 76.0 Å². The van der Waals surface area contributed by atoms with Crippen molar-refractivity contribution in [1.82, 2.24) is 15.0 Å². The van der Waals surface area contributed by atoms with E-state index < -0.39 is 22.8 Å². The number of carbonyl (C=O) groups is 1. The lowest BCUT2D eigenvalue weighted by Crippen LogP contribution is -2.22. The number of nitrogens with zero attached hydrogens (tertiary/aromatic N) is 4. The second kappa shape index (κ2) is 9.67. The van der Waals surface area contributed by atoms with Gasteiger partial charge >= 0.3 is 5.97 Å². The molecule has 31 heavy (non-hydrogen) atoms. The highest BCUT2D eigenvalue weighted by Gasteiger charge is 2.18. The van der Waals surface area contributed by atoms with Crippen molar-refractivity contribution < 1.29 is 18.8 Å². The van der Waals surface area contributed by atoms with Gasteiger partial charge in [-0.2, -0.15) is 0 Å². The maximum atomic E-state index is 13.3. The van der Waals surface area contributed by atoms with Crippen LogP contribution in [-0.4, -0.2) is 39.0 Å². The molecule has 0 saturated heterocycles. The summed E-state index contributed by atoms with van der Waals surface area (Å²) in [6, 6.07) is 7.71. The van der Waals surface area contributed by atoms with Crippen LogP contribution in [0.2, 0.25) is 0 Å². The summed E-state index contributed by atoms with van der Waals surface area (Å²) in [5.74, 6) is -0.833. The second-order valence-electron chi connectivity index (χ2n) is 6.37. The molecular weight excluding hydrogens is 407 g/mol. The monoisotopic (exact) mass is 426 g/mol. The van der Waals surface area contributed by atoms with Gasteiger partial charge in [-0.3, -0.25) is 15.1 Å². The molecule has 0 fully saturated rings. The Bertz CT molecular complexity index is 1080. The zero-order valence-electron chi connectivity index (χ0n) is 16.5. The van der Waals surface area contributed by atoms with Crippen LogP contribution in [0.3, 0.4) is 0 Å². The van der Waals surface area contributed by atoms with Gasteiger partial charge in [0.15, 0.2) is 0 Å². The van der Waals surface area contributed by atoms with Crippen molar-refractivity contribution in [2.24, 2.45) is 5.73 Å². The van der Waals surface area contributed by atoms with Crippen LogP contribution in [-0.2, 0) is 4.74 Å². The van der Waals surface area contributed by atoms with Crippen molar-refractivity contribution in [2.75, 3.05) is 18.5 Å². The zero-order chi connectivity index (χ0) is 22.4. The first-order chi connectivity index (χ1) is 14.9. The lowest BCUT2D eigenvalue weighted by Gasteiger charge is -2.14. The molecule has 2 heterocycles. The number of aromatic nitrogens is 3. The van der Waals surface area contributed by atoms with Crippen molar-refractivity contribution >= 4 is 17.6 Å². The van der Waals surface area contributed by atoms with Gasteiger partial charge in [-0.25, -0.2) is 19.2 Å². The van der Waals surface area contributed by atoms with Crippen LogP contribution in [0.5, 0.6) is 0 Å². The number of anilines is 1.